The first-order valence-electron chi connectivity index (χ1n) is 6.32. The van der Waals surface area contributed by atoms with E-state index in [9.17, 15) is 4.79 Å². The predicted molar refractivity (Wildman–Crippen MR) is 77.2 cm³/mol. The molecule has 2 aromatic rings. The van der Waals surface area contributed by atoms with Gasteiger partial charge in [0.05, 0.1) is 16.9 Å². The average molecular weight is 277 g/mol. The summed E-state index contributed by atoms with van der Waals surface area (Å²) in [4.78, 5) is 11.2. The second kappa shape index (κ2) is 5.57. The Morgan fingerprint density at radius 2 is 2.16 bits per heavy atom. The van der Waals surface area contributed by atoms with Crippen molar-refractivity contribution in [1.29, 1.82) is 0 Å². The van der Waals surface area contributed by atoms with E-state index in [0.29, 0.717) is 16.6 Å². The molecular weight excluding hydrogens is 260 g/mol. The molecule has 2 rings (SSSR count). The van der Waals surface area contributed by atoms with Gasteiger partial charge in [-0.2, -0.15) is 5.10 Å². The zero-order valence-corrected chi connectivity index (χ0v) is 12.1. The molecule has 4 heteroatoms. The number of hydrogen-bond acceptors (Lipinski definition) is 2. The van der Waals surface area contributed by atoms with Crippen LogP contribution in [-0.2, 0) is 6.42 Å². The quantitative estimate of drug-likeness (QED) is 0.795. The highest BCUT2D eigenvalue weighted by molar-refractivity contribution is 6.32. The minimum atomic E-state index is 0.385. The summed E-state index contributed by atoms with van der Waals surface area (Å²) in [6, 6.07) is 7.88. The van der Waals surface area contributed by atoms with E-state index >= 15 is 0 Å². The number of hydrogen-bond donors (Lipinski definition) is 0. The Hall–Kier alpha value is -1.61. The third-order valence-electron chi connectivity index (χ3n) is 2.91. The van der Waals surface area contributed by atoms with Gasteiger partial charge >= 0.3 is 0 Å². The molecule has 0 N–H and O–H groups in total. The maximum Gasteiger partial charge on any atom is 0.155 e. The van der Waals surface area contributed by atoms with E-state index < -0.39 is 0 Å². The van der Waals surface area contributed by atoms with Crippen molar-refractivity contribution in [3.63, 3.8) is 0 Å². The van der Waals surface area contributed by atoms with Crippen molar-refractivity contribution in [3.05, 3.63) is 46.2 Å². The smallest absolute Gasteiger partial charge is 0.155 e. The van der Waals surface area contributed by atoms with E-state index in [2.05, 4.69) is 18.9 Å². The number of benzene rings is 1. The van der Waals surface area contributed by atoms with E-state index in [-0.39, 0.29) is 0 Å². The lowest BCUT2D eigenvalue weighted by atomic mass is 10.1. The Balaban J connectivity index is 2.52. The maximum atomic E-state index is 11.2. The van der Waals surface area contributed by atoms with Crippen molar-refractivity contribution in [2.24, 2.45) is 5.92 Å². The van der Waals surface area contributed by atoms with E-state index in [1.807, 2.05) is 31.2 Å². The normalized spacial score (nSPS) is 11.0. The van der Waals surface area contributed by atoms with Crippen molar-refractivity contribution in [3.8, 4) is 5.69 Å². The van der Waals surface area contributed by atoms with Gasteiger partial charge in [0.1, 0.15) is 5.15 Å². The SMILES string of the molecule is Cc1cccc(-n2nc(CC(C)C)c(C=O)c2Cl)c1. The largest absolute Gasteiger partial charge is 0.298 e. The number of aromatic nitrogens is 2. The second-order valence-corrected chi connectivity index (χ2v) is 5.48. The summed E-state index contributed by atoms with van der Waals surface area (Å²) in [5.74, 6) is 0.427. The number of carbonyl (C=O) groups excluding carboxylic acids is 1. The van der Waals surface area contributed by atoms with Gasteiger partial charge in [0, 0.05) is 0 Å². The first-order chi connectivity index (χ1) is 9.02. The molecule has 0 aliphatic carbocycles. The zero-order valence-electron chi connectivity index (χ0n) is 11.4. The Morgan fingerprint density at radius 1 is 1.42 bits per heavy atom. The average Bonchev–Trinajstić information content (AvgIpc) is 2.65. The van der Waals surface area contributed by atoms with Crippen LogP contribution >= 0.6 is 11.6 Å². The molecule has 19 heavy (non-hydrogen) atoms. The molecule has 0 radical (unpaired) electrons. The molecule has 0 saturated heterocycles. The molecule has 1 aromatic carbocycles. The minimum Gasteiger partial charge on any atom is -0.298 e. The van der Waals surface area contributed by atoms with Gasteiger partial charge in [-0.3, -0.25) is 4.79 Å². The number of aldehydes is 1. The third kappa shape index (κ3) is 2.87. The summed E-state index contributed by atoms with van der Waals surface area (Å²) in [5.41, 5.74) is 3.26. The van der Waals surface area contributed by atoms with E-state index in [0.717, 1.165) is 29.7 Å². The molecule has 0 unspecified atom stereocenters. The van der Waals surface area contributed by atoms with Crippen molar-refractivity contribution < 1.29 is 4.79 Å². The fraction of sp³-hybridized carbons (Fsp3) is 0.333. The van der Waals surface area contributed by atoms with Crippen LogP contribution in [-0.4, -0.2) is 16.1 Å². The first kappa shape index (κ1) is 13.8. The molecule has 0 bridgehead atoms. The minimum absolute atomic E-state index is 0.385. The first-order valence-corrected chi connectivity index (χ1v) is 6.70. The Labute approximate surface area is 118 Å². The highest BCUT2D eigenvalue weighted by atomic mass is 35.5. The van der Waals surface area contributed by atoms with Gasteiger partial charge in [0.25, 0.3) is 0 Å². The molecule has 0 aliphatic heterocycles. The topological polar surface area (TPSA) is 34.9 Å². The van der Waals surface area contributed by atoms with Crippen LogP contribution in [0, 0.1) is 12.8 Å². The summed E-state index contributed by atoms with van der Waals surface area (Å²) in [6.07, 6.45) is 1.53. The van der Waals surface area contributed by atoms with Crippen molar-refractivity contribution in [2.75, 3.05) is 0 Å². The number of halogens is 1. The molecule has 0 fully saturated rings. The highest BCUT2D eigenvalue weighted by Gasteiger charge is 2.17. The van der Waals surface area contributed by atoms with Crippen LogP contribution in [0.15, 0.2) is 24.3 Å². The van der Waals surface area contributed by atoms with Crippen molar-refractivity contribution in [2.45, 2.75) is 27.2 Å². The number of aryl methyl sites for hydroxylation is 1. The van der Waals surface area contributed by atoms with Gasteiger partial charge in [-0.25, -0.2) is 4.68 Å². The fourth-order valence-corrected chi connectivity index (χ4v) is 2.33. The Kier molecular flexibility index (Phi) is 4.05. The standard InChI is InChI=1S/C15H17ClN2O/c1-10(2)7-14-13(9-19)15(16)18(17-14)12-6-4-5-11(3)8-12/h4-6,8-10H,7H2,1-3H3. The molecule has 1 aromatic heterocycles. The monoisotopic (exact) mass is 276 g/mol. The zero-order chi connectivity index (χ0) is 14.0. The van der Waals surface area contributed by atoms with Crippen LogP contribution < -0.4 is 0 Å². The van der Waals surface area contributed by atoms with Crippen LogP contribution in [0.5, 0.6) is 0 Å². The molecule has 1 heterocycles. The van der Waals surface area contributed by atoms with Crippen LogP contribution in [0.25, 0.3) is 5.69 Å². The lowest BCUT2D eigenvalue weighted by molar-refractivity contribution is 0.112. The van der Waals surface area contributed by atoms with Gasteiger partial charge in [-0.15, -0.1) is 0 Å². The molecule has 0 atom stereocenters. The van der Waals surface area contributed by atoms with Crippen molar-refractivity contribution >= 4 is 17.9 Å². The highest BCUT2D eigenvalue weighted by Crippen LogP contribution is 2.24. The van der Waals surface area contributed by atoms with Gasteiger partial charge in [-0.05, 0) is 37.0 Å². The fourth-order valence-electron chi connectivity index (χ4n) is 2.04. The Morgan fingerprint density at radius 3 is 2.74 bits per heavy atom. The van der Waals surface area contributed by atoms with Crippen LogP contribution in [0.4, 0.5) is 0 Å². The van der Waals surface area contributed by atoms with E-state index in [1.54, 1.807) is 4.68 Å². The summed E-state index contributed by atoms with van der Waals surface area (Å²) in [5, 5.41) is 4.87. The molecule has 3 nitrogen and oxygen atoms in total. The molecular formula is C15H17ClN2O. The molecule has 0 saturated carbocycles. The molecule has 0 spiro atoms. The lowest BCUT2D eigenvalue weighted by Crippen LogP contribution is -2.00. The van der Waals surface area contributed by atoms with Crippen LogP contribution in [0.3, 0.4) is 0 Å². The van der Waals surface area contributed by atoms with Gasteiger partial charge in [-0.1, -0.05) is 37.6 Å². The molecule has 0 amide bonds. The summed E-state index contributed by atoms with van der Waals surface area (Å²) in [6.45, 7) is 6.19. The van der Waals surface area contributed by atoms with Crippen molar-refractivity contribution in [1.82, 2.24) is 9.78 Å². The van der Waals surface area contributed by atoms with Crippen LogP contribution in [0.2, 0.25) is 5.15 Å². The summed E-state index contributed by atoms with van der Waals surface area (Å²) < 4.78 is 1.63. The number of carbonyl (C=O) groups is 1. The third-order valence-corrected chi connectivity index (χ3v) is 3.27. The molecule has 0 aliphatic rings. The van der Waals surface area contributed by atoms with Gasteiger partial charge in [0.2, 0.25) is 0 Å². The number of rotatable bonds is 4. The van der Waals surface area contributed by atoms with Gasteiger partial charge < -0.3 is 0 Å². The Bertz CT molecular complexity index is 602. The summed E-state index contributed by atoms with van der Waals surface area (Å²) in [7, 11) is 0. The predicted octanol–water partition coefficient (Wildman–Crippen LogP) is 3.85. The second-order valence-electron chi connectivity index (χ2n) is 5.12. The summed E-state index contributed by atoms with van der Waals surface area (Å²) >= 11 is 6.27. The van der Waals surface area contributed by atoms with E-state index in [1.165, 1.54) is 0 Å². The molecule has 100 valence electrons. The van der Waals surface area contributed by atoms with E-state index in [4.69, 9.17) is 11.6 Å². The number of nitrogens with zero attached hydrogens (tertiary/aromatic N) is 2. The lowest BCUT2D eigenvalue weighted by Gasteiger charge is -2.04. The maximum absolute atomic E-state index is 11.2. The van der Waals surface area contributed by atoms with Gasteiger partial charge in [0.15, 0.2) is 6.29 Å². The van der Waals surface area contributed by atoms with Crippen LogP contribution in [0.1, 0.15) is 35.5 Å².